The zero-order valence-electron chi connectivity index (χ0n) is 17.2. The molecule has 29 heavy (non-hydrogen) atoms. The maximum absolute atomic E-state index is 9.36. The van der Waals surface area contributed by atoms with Gasteiger partial charge in [0.05, 0.1) is 17.7 Å². The standard InChI is InChI=1S/C26H29N3/c1-3-7-22(8-4-2)28-23-13-14-29-25-12-11-19(18-27)15-21(25)16-20-9-5-6-10-24(20)26(29)17-23/h3,5-7,9-12,15,23,26,28H,1,4,8,13-14,16-17H2,2H3/b22-7+/t23-,26?/m0/s1. The van der Waals surface area contributed by atoms with Gasteiger partial charge in [-0.1, -0.05) is 50.3 Å². The smallest absolute Gasteiger partial charge is 0.0991 e. The Morgan fingerprint density at radius 2 is 2.14 bits per heavy atom. The summed E-state index contributed by atoms with van der Waals surface area (Å²) in [6.45, 7) is 7.11. The van der Waals surface area contributed by atoms with E-state index in [0.717, 1.165) is 44.2 Å². The van der Waals surface area contributed by atoms with E-state index in [4.69, 9.17) is 0 Å². The van der Waals surface area contributed by atoms with Gasteiger partial charge < -0.3 is 10.2 Å². The summed E-state index contributed by atoms with van der Waals surface area (Å²) in [5, 5.41) is 13.2. The molecule has 0 bridgehead atoms. The SMILES string of the molecule is C=C/C=C(\CCC)N[C@H]1CCN2c3ccc(C#N)cc3Cc3ccccc3C2C1. The van der Waals surface area contributed by atoms with Crippen molar-refractivity contribution in [3.8, 4) is 6.07 Å². The second kappa shape index (κ2) is 8.57. The lowest BCUT2D eigenvalue weighted by atomic mass is 9.89. The molecule has 2 aliphatic rings. The number of hydrogen-bond donors (Lipinski definition) is 1. The molecule has 0 saturated carbocycles. The summed E-state index contributed by atoms with van der Waals surface area (Å²) in [5.41, 5.74) is 7.41. The van der Waals surface area contributed by atoms with E-state index in [-0.39, 0.29) is 0 Å². The van der Waals surface area contributed by atoms with Crippen LogP contribution in [0.3, 0.4) is 0 Å². The van der Waals surface area contributed by atoms with Crippen molar-refractivity contribution in [2.24, 2.45) is 0 Å². The van der Waals surface area contributed by atoms with Crippen LogP contribution in [0, 0.1) is 11.3 Å². The lowest BCUT2D eigenvalue weighted by Crippen LogP contribution is -2.44. The molecule has 4 rings (SSSR count). The fourth-order valence-electron chi connectivity index (χ4n) is 4.86. The van der Waals surface area contributed by atoms with E-state index in [0.29, 0.717) is 12.1 Å². The Balaban J connectivity index is 1.68. The average molecular weight is 384 g/mol. The first kappa shape index (κ1) is 19.3. The zero-order valence-corrected chi connectivity index (χ0v) is 17.2. The van der Waals surface area contributed by atoms with E-state index in [1.807, 2.05) is 12.1 Å². The Hall–Kier alpha value is -2.99. The van der Waals surface area contributed by atoms with E-state index < -0.39 is 0 Å². The molecular formula is C26H29N3. The van der Waals surface area contributed by atoms with Crippen LogP contribution in [0.5, 0.6) is 0 Å². The predicted molar refractivity (Wildman–Crippen MR) is 120 cm³/mol. The van der Waals surface area contributed by atoms with Crippen LogP contribution in [0.15, 0.2) is 66.9 Å². The molecule has 0 amide bonds. The maximum atomic E-state index is 9.36. The molecule has 2 atom stereocenters. The molecule has 1 saturated heterocycles. The van der Waals surface area contributed by atoms with Gasteiger partial charge in [0, 0.05) is 24.0 Å². The minimum atomic E-state index is 0.359. The average Bonchev–Trinajstić information content (AvgIpc) is 2.88. The molecule has 1 fully saturated rings. The molecule has 3 heteroatoms. The largest absolute Gasteiger partial charge is 0.385 e. The highest BCUT2D eigenvalue weighted by atomic mass is 15.2. The lowest BCUT2D eigenvalue weighted by Gasteiger charge is -2.42. The van der Waals surface area contributed by atoms with Gasteiger partial charge in [-0.3, -0.25) is 0 Å². The minimum Gasteiger partial charge on any atom is -0.385 e. The summed E-state index contributed by atoms with van der Waals surface area (Å²) in [6, 6.07) is 18.1. The minimum absolute atomic E-state index is 0.359. The Morgan fingerprint density at radius 3 is 2.93 bits per heavy atom. The predicted octanol–water partition coefficient (Wildman–Crippen LogP) is 5.63. The summed E-state index contributed by atoms with van der Waals surface area (Å²) in [7, 11) is 0. The van der Waals surface area contributed by atoms with Crippen molar-refractivity contribution in [2.45, 2.75) is 51.1 Å². The van der Waals surface area contributed by atoms with Gasteiger partial charge in [-0.15, -0.1) is 0 Å². The Labute approximate surface area is 174 Å². The summed E-state index contributed by atoms with van der Waals surface area (Å²) >= 11 is 0. The topological polar surface area (TPSA) is 39.1 Å². The van der Waals surface area contributed by atoms with Crippen molar-refractivity contribution in [1.82, 2.24) is 5.32 Å². The molecule has 0 aliphatic carbocycles. The number of hydrogen-bond acceptors (Lipinski definition) is 3. The number of anilines is 1. The fourth-order valence-corrected chi connectivity index (χ4v) is 4.86. The monoisotopic (exact) mass is 383 g/mol. The van der Waals surface area contributed by atoms with Crippen LogP contribution in [-0.2, 0) is 6.42 Å². The van der Waals surface area contributed by atoms with E-state index in [1.54, 1.807) is 0 Å². The number of nitrogens with one attached hydrogen (secondary N) is 1. The molecular weight excluding hydrogens is 354 g/mol. The van der Waals surface area contributed by atoms with Gasteiger partial charge in [0.15, 0.2) is 0 Å². The normalized spacial score (nSPS) is 20.6. The van der Waals surface area contributed by atoms with Crippen molar-refractivity contribution >= 4 is 5.69 Å². The lowest BCUT2D eigenvalue weighted by molar-refractivity contribution is 0.377. The molecule has 1 N–H and O–H groups in total. The molecule has 0 radical (unpaired) electrons. The van der Waals surface area contributed by atoms with Gasteiger partial charge >= 0.3 is 0 Å². The summed E-state index contributed by atoms with van der Waals surface area (Å²) < 4.78 is 0. The van der Waals surface area contributed by atoms with E-state index in [2.05, 4.69) is 72.3 Å². The number of piperidine rings is 1. The second-order valence-electron chi connectivity index (χ2n) is 8.08. The van der Waals surface area contributed by atoms with Gasteiger partial charge in [-0.2, -0.15) is 5.26 Å². The zero-order chi connectivity index (χ0) is 20.2. The molecule has 0 aromatic heterocycles. The Bertz CT molecular complexity index is 966. The second-order valence-corrected chi connectivity index (χ2v) is 8.08. The number of nitriles is 1. The van der Waals surface area contributed by atoms with Crippen LogP contribution in [0.4, 0.5) is 5.69 Å². The van der Waals surface area contributed by atoms with Crippen LogP contribution in [0.25, 0.3) is 0 Å². The number of nitrogens with zero attached hydrogens (tertiary/aromatic N) is 2. The summed E-state index contributed by atoms with van der Waals surface area (Å²) in [6.07, 6.45) is 9.28. The van der Waals surface area contributed by atoms with Gasteiger partial charge in [0.2, 0.25) is 0 Å². The molecule has 0 spiro atoms. The molecule has 2 heterocycles. The third kappa shape index (κ3) is 3.93. The maximum Gasteiger partial charge on any atom is 0.0991 e. The number of allylic oxidation sites excluding steroid dienone is 3. The van der Waals surface area contributed by atoms with Crippen molar-refractivity contribution in [1.29, 1.82) is 5.26 Å². The van der Waals surface area contributed by atoms with Gasteiger partial charge in [-0.25, -0.2) is 0 Å². The number of rotatable bonds is 5. The quantitative estimate of drug-likeness (QED) is 0.680. The Morgan fingerprint density at radius 1 is 1.28 bits per heavy atom. The van der Waals surface area contributed by atoms with Crippen LogP contribution in [0.2, 0.25) is 0 Å². The molecule has 2 aromatic carbocycles. The van der Waals surface area contributed by atoms with Crippen molar-refractivity contribution in [3.05, 3.63) is 89.1 Å². The first-order valence-electron chi connectivity index (χ1n) is 10.7. The van der Waals surface area contributed by atoms with E-state index in [1.165, 1.54) is 28.1 Å². The molecule has 148 valence electrons. The third-order valence-corrected chi connectivity index (χ3v) is 6.14. The third-order valence-electron chi connectivity index (χ3n) is 6.14. The van der Waals surface area contributed by atoms with Gasteiger partial charge in [-0.05, 0) is 66.6 Å². The summed E-state index contributed by atoms with van der Waals surface area (Å²) in [4.78, 5) is 2.57. The highest BCUT2D eigenvalue weighted by molar-refractivity contribution is 5.62. The number of benzene rings is 2. The first-order chi connectivity index (χ1) is 14.2. The van der Waals surface area contributed by atoms with Crippen LogP contribution in [0.1, 0.15) is 60.9 Å². The van der Waals surface area contributed by atoms with Crippen molar-refractivity contribution in [3.63, 3.8) is 0 Å². The highest BCUT2D eigenvalue weighted by Crippen LogP contribution is 2.42. The van der Waals surface area contributed by atoms with Crippen LogP contribution in [-0.4, -0.2) is 12.6 Å². The number of fused-ring (bicyclic) bond motifs is 5. The van der Waals surface area contributed by atoms with E-state index >= 15 is 0 Å². The molecule has 1 unspecified atom stereocenters. The molecule has 3 nitrogen and oxygen atoms in total. The molecule has 2 aliphatic heterocycles. The first-order valence-corrected chi connectivity index (χ1v) is 10.7. The van der Waals surface area contributed by atoms with Crippen LogP contribution < -0.4 is 10.2 Å². The van der Waals surface area contributed by atoms with Gasteiger partial charge in [0.25, 0.3) is 0 Å². The van der Waals surface area contributed by atoms with Crippen molar-refractivity contribution in [2.75, 3.05) is 11.4 Å². The van der Waals surface area contributed by atoms with Gasteiger partial charge in [0.1, 0.15) is 0 Å². The fraction of sp³-hybridized carbons (Fsp3) is 0.346. The van der Waals surface area contributed by atoms with E-state index in [9.17, 15) is 5.26 Å². The highest BCUT2D eigenvalue weighted by Gasteiger charge is 2.34. The summed E-state index contributed by atoms with van der Waals surface area (Å²) in [5.74, 6) is 0. The van der Waals surface area contributed by atoms with Crippen LogP contribution >= 0.6 is 0 Å². The Kier molecular flexibility index (Phi) is 5.71. The molecule has 2 aromatic rings. The van der Waals surface area contributed by atoms with Crippen molar-refractivity contribution < 1.29 is 0 Å².